The van der Waals surface area contributed by atoms with Crippen LogP contribution in [-0.4, -0.2) is 35.5 Å². The van der Waals surface area contributed by atoms with Crippen LogP contribution in [0.4, 0.5) is 5.69 Å². The molecule has 1 aromatic heterocycles. The maximum absolute atomic E-state index is 10.4. The van der Waals surface area contributed by atoms with E-state index >= 15 is 0 Å². The van der Waals surface area contributed by atoms with Gasteiger partial charge in [-0.3, -0.25) is 9.48 Å². The lowest BCUT2D eigenvalue weighted by atomic mass is 10.3. The minimum Gasteiger partial charge on any atom is -0.467 e. The molecule has 14 heavy (non-hydrogen) atoms. The number of hydrogen-bond acceptors (Lipinski definition) is 4. The van der Waals surface area contributed by atoms with Crippen LogP contribution in [0.3, 0.4) is 0 Å². The first-order valence-electron chi connectivity index (χ1n) is 5.55. The monoisotopic (exact) mass is 200 g/mol. The van der Waals surface area contributed by atoms with E-state index in [1.54, 1.807) is 0 Å². The first-order chi connectivity index (χ1) is 8.00. The summed E-state index contributed by atoms with van der Waals surface area (Å²) in [5, 5.41) is 6.12. The number of anilines is 1. The minimum absolute atomic E-state index is 0.0847. The smallest absolute Gasteiger partial charge is 0.257 e. The van der Waals surface area contributed by atoms with Crippen LogP contribution in [0.2, 0.25) is 0 Å². The first kappa shape index (κ1) is 6.02. The van der Waals surface area contributed by atoms with E-state index < -0.39 is 6.98 Å². The fourth-order valence-electron chi connectivity index (χ4n) is 1.05. The molecule has 1 aliphatic heterocycles. The summed E-state index contributed by atoms with van der Waals surface area (Å²) in [4.78, 5) is 10.4. The lowest BCUT2D eigenvalue weighted by Crippen LogP contribution is -2.38. The van der Waals surface area contributed by atoms with Crippen molar-refractivity contribution in [3.05, 3.63) is 6.20 Å². The SMILES string of the molecule is [2H]C([2H])([2H])n1cc(NC=O)c(OC2COC2)n1. The van der Waals surface area contributed by atoms with Crippen molar-refractivity contribution in [3.8, 4) is 5.88 Å². The molecule has 0 unspecified atom stereocenters. The summed E-state index contributed by atoms with van der Waals surface area (Å²) in [6, 6.07) is 0. The van der Waals surface area contributed by atoms with E-state index in [1.165, 1.54) is 6.20 Å². The second kappa shape index (κ2) is 3.67. The Morgan fingerprint density at radius 1 is 1.93 bits per heavy atom. The molecule has 0 saturated carbocycles. The van der Waals surface area contributed by atoms with Crippen molar-refractivity contribution in [2.45, 2.75) is 6.10 Å². The number of aryl methyl sites for hydroxylation is 1. The Morgan fingerprint density at radius 2 is 2.79 bits per heavy atom. The molecule has 2 heterocycles. The van der Waals surface area contributed by atoms with Crippen LogP contribution in [0.1, 0.15) is 4.11 Å². The maximum atomic E-state index is 10.4. The number of carbonyl (C=O) groups excluding carboxylic acids is 1. The maximum Gasteiger partial charge on any atom is 0.257 e. The molecule has 1 saturated heterocycles. The van der Waals surface area contributed by atoms with Gasteiger partial charge in [0.1, 0.15) is 11.8 Å². The molecular formula is C8H11N3O3. The normalized spacial score (nSPS) is 20.1. The highest BCUT2D eigenvalue weighted by atomic mass is 16.6. The van der Waals surface area contributed by atoms with Crippen molar-refractivity contribution in [1.82, 2.24) is 9.78 Å². The van der Waals surface area contributed by atoms with Crippen LogP contribution in [0.15, 0.2) is 6.20 Å². The molecule has 2 rings (SSSR count). The van der Waals surface area contributed by atoms with Gasteiger partial charge in [0.2, 0.25) is 6.41 Å². The molecule has 0 atom stereocenters. The Kier molecular flexibility index (Phi) is 1.58. The van der Waals surface area contributed by atoms with E-state index in [4.69, 9.17) is 13.6 Å². The van der Waals surface area contributed by atoms with E-state index in [1.807, 2.05) is 0 Å². The van der Waals surface area contributed by atoms with Crippen LogP contribution in [0, 0.1) is 0 Å². The highest BCUT2D eigenvalue weighted by Crippen LogP contribution is 2.23. The number of nitrogens with one attached hydrogen (secondary N) is 1. The standard InChI is InChI=1S/C8H11N3O3/c1-11-2-7(9-5-12)8(10-11)14-6-3-13-4-6/h2,5-6H,3-4H2,1H3,(H,9,12)/i1D3. The molecule has 1 aliphatic rings. The zero-order chi connectivity index (χ0) is 12.5. The molecule has 6 nitrogen and oxygen atoms in total. The number of carbonyl (C=O) groups is 1. The van der Waals surface area contributed by atoms with Crippen molar-refractivity contribution in [1.29, 1.82) is 0 Å². The molecule has 6 heteroatoms. The number of rotatable bonds is 4. The van der Waals surface area contributed by atoms with E-state index in [0.717, 1.165) is 4.68 Å². The quantitative estimate of drug-likeness (QED) is 0.681. The van der Waals surface area contributed by atoms with Gasteiger partial charge >= 0.3 is 0 Å². The third-order valence-corrected chi connectivity index (χ3v) is 1.78. The summed E-state index contributed by atoms with van der Waals surface area (Å²) in [5.74, 6) is 0.0847. The molecule has 0 radical (unpaired) electrons. The first-order valence-corrected chi connectivity index (χ1v) is 4.05. The third kappa shape index (κ3) is 1.69. The average molecular weight is 200 g/mol. The van der Waals surface area contributed by atoms with E-state index in [9.17, 15) is 4.79 Å². The van der Waals surface area contributed by atoms with Crippen molar-refractivity contribution in [3.63, 3.8) is 0 Å². The van der Waals surface area contributed by atoms with E-state index in [2.05, 4.69) is 10.4 Å². The second-order valence-electron chi connectivity index (χ2n) is 2.83. The molecule has 0 bridgehead atoms. The van der Waals surface area contributed by atoms with Gasteiger partial charge in [-0.05, 0) is 0 Å². The zero-order valence-corrected chi connectivity index (χ0v) is 7.27. The molecule has 0 spiro atoms. The van der Waals surface area contributed by atoms with Crippen LogP contribution < -0.4 is 10.1 Å². The van der Waals surface area contributed by atoms with Crippen molar-refractivity contribution in [2.75, 3.05) is 18.5 Å². The van der Waals surface area contributed by atoms with Gasteiger partial charge in [-0.1, -0.05) is 0 Å². The topological polar surface area (TPSA) is 65.4 Å². The van der Waals surface area contributed by atoms with Crippen LogP contribution in [-0.2, 0) is 16.5 Å². The number of aromatic nitrogens is 2. The van der Waals surface area contributed by atoms with Crippen molar-refractivity contribution < 1.29 is 18.4 Å². The van der Waals surface area contributed by atoms with Gasteiger partial charge in [0.15, 0.2) is 0 Å². The van der Waals surface area contributed by atoms with Gasteiger partial charge in [-0.2, -0.15) is 0 Å². The summed E-state index contributed by atoms with van der Waals surface area (Å²) in [7, 11) is 0. The molecule has 1 N–H and O–H groups in total. The fourth-order valence-corrected chi connectivity index (χ4v) is 1.05. The number of hydrogen-bond donors (Lipinski definition) is 1. The fraction of sp³-hybridized carbons (Fsp3) is 0.500. The Hall–Kier alpha value is -1.56. The number of amides is 1. The summed E-state index contributed by atoms with van der Waals surface area (Å²) in [6.07, 6.45) is 1.49. The number of nitrogens with zero attached hydrogens (tertiary/aromatic N) is 2. The highest BCUT2D eigenvalue weighted by molar-refractivity contribution is 5.73. The average Bonchev–Trinajstić information content (AvgIpc) is 2.55. The van der Waals surface area contributed by atoms with Crippen LogP contribution in [0.25, 0.3) is 0 Å². The predicted molar refractivity (Wildman–Crippen MR) is 48.1 cm³/mol. The predicted octanol–water partition coefficient (Wildman–Crippen LogP) is -0.234. The molecule has 1 aromatic rings. The molecule has 1 amide bonds. The molecule has 0 aromatic carbocycles. The van der Waals surface area contributed by atoms with E-state index in [-0.39, 0.29) is 17.7 Å². The Bertz CT molecular complexity index is 414. The van der Waals surface area contributed by atoms with Crippen LogP contribution >= 0.6 is 0 Å². The molecule has 0 aliphatic carbocycles. The molecular weight excluding hydrogens is 186 g/mol. The molecule has 1 fully saturated rings. The van der Waals surface area contributed by atoms with Gasteiger partial charge in [0, 0.05) is 11.1 Å². The van der Waals surface area contributed by atoms with Crippen molar-refractivity contribution in [2.24, 2.45) is 6.98 Å². The van der Waals surface area contributed by atoms with Gasteiger partial charge in [-0.15, -0.1) is 5.10 Å². The van der Waals surface area contributed by atoms with Crippen molar-refractivity contribution >= 4 is 12.1 Å². The largest absolute Gasteiger partial charge is 0.467 e. The second-order valence-corrected chi connectivity index (χ2v) is 2.83. The Morgan fingerprint density at radius 3 is 3.36 bits per heavy atom. The lowest BCUT2D eigenvalue weighted by molar-refractivity contribution is -0.105. The summed E-state index contributed by atoms with van der Waals surface area (Å²) < 4.78 is 32.7. The Labute approximate surface area is 85.0 Å². The number of ether oxygens (including phenoxy) is 2. The zero-order valence-electron chi connectivity index (χ0n) is 10.3. The Balaban J connectivity index is 2.21. The molecule has 76 valence electrons. The third-order valence-electron chi connectivity index (χ3n) is 1.78. The van der Waals surface area contributed by atoms with Crippen LogP contribution in [0.5, 0.6) is 5.88 Å². The van der Waals surface area contributed by atoms with Gasteiger partial charge in [0.05, 0.1) is 19.4 Å². The summed E-state index contributed by atoms with van der Waals surface area (Å²) in [6.45, 7) is -1.54. The summed E-state index contributed by atoms with van der Waals surface area (Å²) >= 11 is 0. The van der Waals surface area contributed by atoms with Gasteiger partial charge in [-0.25, -0.2) is 0 Å². The van der Waals surface area contributed by atoms with Gasteiger partial charge < -0.3 is 14.8 Å². The highest BCUT2D eigenvalue weighted by Gasteiger charge is 2.22. The summed E-state index contributed by atoms with van der Waals surface area (Å²) in [5.41, 5.74) is 0.225. The van der Waals surface area contributed by atoms with Gasteiger partial charge in [0.25, 0.3) is 5.88 Å². The minimum atomic E-state index is -2.41. The lowest BCUT2D eigenvalue weighted by Gasteiger charge is -2.25. The van der Waals surface area contributed by atoms with E-state index in [0.29, 0.717) is 19.6 Å².